The van der Waals surface area contributed by atoms with Gasteiger partial charge >= 0.3 is 0 Å². The van der Waals surface area contributed by atoms with Gasteiger partial charge in [-0.1, -0.05) is 30.3 Å². The van der Waals surface area contributed by atoms with Crippen LogP contribution < -0.4 is 5.32 Å². The summed E-state index contributed by atoms with van der Waals surface area (Å²) in [5, 5.41) is 3.48. The number of thioether (sulfide) groups is 1. The Hall–Kier alpha value is -1.78. The molecule has 0 atom stereocenters. The Labute approximate surface area is 160 Å². The molecule has 1 amide bonds. The van der Waals surface area contributed by atoms with Crippen LogP contribution in [-0.2, 0) is 5.75 Å². The topological polar surface area (TPSA) is 32.3 Å². The summed E-state index contributed by atoms with van der Waals surface area (Å²) in [6.07, 6.45) is 3.54. The summed E-state index contributed by atoms with van der Waals surface area (Å²) >= 11 is 1.83. The molecule has 0 bridgehead atoms. The smallest absolute Gasteiger partial charge is 0.253 e. The van der Waals surface area contributed by atoms with Crippen molar-refractivity contribution in [3.8, 4) is 0 Å². The summed E-state index contributed by atoms with van der Waals surface area (Å²) in [5.41, 5.74) is 2.53. The van der Waals surface area contributed by atoms with E-state index in [-0.39, 0.29) is 5.91 Å². The first-order valence-electron chi connectivity index (χ1n) is 9.51. The zero-order chi connectivity index (χ0) is 17.8. The van der Waals surface area contributed by atoms with E-state index in [1.54, 1.807) is 0 Å². The number of hydrogen-bond acceptors (Lipinski definition) is 3. The quantitative estimate of drug-likeness (QED) is 0.824. The van der Waals surface area contributed by atoms with Gasteiger partial charge in [0.2, 0.25) is 0 Å². The number of likely N-dealkylation sites (tertiary alicyclic amines) is 1. The van der Waals surface area contributed by atoms with Gasteiger partial charge in [-0.3, -0.25) is 4.79 Å². The van der Waals surface area contributed by atoms with Crippen LogP contribution in [-0.4, -0.2) is 37.0 Å². The van der Waals surface area contributed by atoms with E-state index in [0.29, 0.717) is 5.41 Å². The van der Waals surface area contributed by atoms with Crippen LogP contribution in [0.3, 0.4) is 0 Å². The second-order valence-corrected chi connectivity index (χ2v) is 8.57. The van der Waals surface area contributed by atoms with Gasteiger partial charge in [-0.25, -0.2) is 0 Å². The lowest BCUT2D eigenvalue weighted by molar-refractivity contribution is 0.0607. The average Bonchev–Trinajstić information content (AvgIpc) is 3.16. The van der Waals surface area contributed by atoms with Crippen LogP contribution in [0.5, 0.6) is 0 Å². The predicted molar refractivity (Wildman–Crippen MR) is 108 cm³/mol. The standard InChI is InChI=1S/C22H26N2OS/c25-21(24-14-11-22(12-15-24)10-13-23-17-22)19-8-6-18(7-9-19)16-26-20-4-2-1-3-5-20/h1-9,23H,10-17H2. The molecule has 2 aromatic carbocycles. The second kappa shape index (κ2) is 7.85. The monoisotopic (exact) mass is 366 g/mol. The number of piperidine rings is 1. The maximum absolute atomic E-state index is 12.8. The molecule has 0 unspecified atom stereocenters. The van der Waals surface area contributed by atoms with Gasteiger partial charge in [0.15, 0.2) is 0 Å². The van der Waals surface area contributed by atoms with E-state index in [1.165, 1.54) is 16.9 Å². The lowest BCUT2D eigenvalue weighted by Gasteiger charge is -2.38. The van der Waals surface area contributed by atoms with E-state index in [9.17, 15) is 4.79 Å². The number of nitrogens with zero attached hydrogens (tertiary/aromatic N) is 1. The zero-order valence-corrected chi connectivity index (χ0v) is 15.9. The summed E-state index contributed by atoms with van der Waals surface area (Å²) in [7, 11) is 0. The molecule has 26 heavy (non-hydrogen) atoms. The summed E-state index contributed by atoms with van der Waals surface area (Å²) in [4.78, 5) is 16.1. The summed E-state index contributed by atoms with van der Waals surface area (Å²) < 4.78 is 0. The van der Waals surface area contributed by atoms with Gasteiger partial charge in [0.1, 0.15) is 0 Å². The number of carbonyl (C=O) groups is 1. The van der Waals surface area contributed by atoms with E-state index in [4.69, 9.17) is 0 Å². The third-order valence-corrected chi connectivity index (χ3v) is 6.88. The minimum absolute atomic E-state index is 0.188. The Balaban J connectivity index is 1.32. The van der Waals surface area contributed by atoms with Gasteiger partial charge in [-0.05, 0) is 61.1 Å². The van der Waals surface area contributed by atoms with Crippen LogP contribution in [0.25, 0.3) is 0 Å². The minimum atomic E-state index is 0.188. The van der Waals surface area contributed by atoms with E-state index in [2.05, 4.69) is 41.7 Å². The highest BCUT2D eigenvalue weighted by Gasteiger charge is 2.38. The summed E-state index contributed by atoms with van der Waals surface area (Å²) in [6.45, 7) is 4.05. The molecule has 1 spiro atoms. The Morgan fingerprint density at radius 2 is 1.73 bits per heavy atom. The van der Waals surface area contributed by atoms with Gasteiger partial charge in [0, 0.05) is 35.8 Å². The van der Waals surface area contributed by atoms with Gasteiger partial charge in [-0.2, -0.15) is 0 Å². The zero-order valence-electron chi connectivity index (χ0n) is 15.1. The molecule has 2 heterocycles. The Bertz CT molecular complexity index is 728. The Morgan fingerprint density at radius 3 is 2.38 bits per heavy atom. The maximum Gasteiger partial charge on any atom is 0.253 e. The molecular weight excluding hydrogens is 340 g/mol. The predicted octanol–water partition coefficient (Wildman–Crippen LogP) is 4.19. The third-order valence-electron chi connectivity index (χ3n) is 5.79. The molecule has 0 aliphatic carbocycles. The van der Waals surface area contributed by atoms with E-state index in [1.807, 2.05) is 34.9 Å². The number of hydrogen-bond donors (Lipinski definition) is 1. The highest BCUT2D eigenvalue weighted by Crippen LogP contribution is 2.37. The lowest BCUT2D eigenvalue weighted by atomic mass is 9.78. The molecular formula is C22H26N2OS. The molecule has 2 saturated heterocycles. The fourth-order valence-corrected chi connectivity index (χ4v) is 4.89. The molecule has 4 heteroatoms. The molecule has 1 N–H and O–H groups in total. The van der Waals surface area contributed by atoms with Crippen molar-refractivity contribution in [1.29, 1.82) is 0 Å². The number of amides is 1. The van der Waals surface area contributed by atoms with Crippen molar-refractivity contribution < 1.29 is 4.79 Å². The minimum Gasteiger partial charge on any atom is -0.339 e. The van der Waals surface area contributed by atoms with E-state index >= 15 is 0 Å². The Kier molecular flexibility index (Phi) is 5.32. The first-order chi connectivity index (χ1) is 12.7. The SMILES string of the molecule is O=C(c1ccc(CSc2ccccc2)cc1)N1CCC2(CCNC2)CC1. The van der Waals surface area contributed by atoms with E-state index in [0.717, 1.165) is 50.3 Å². The molecule has 4 rings (SSSR count). The van der Waals surface area contributed by atoms with Crippen molar-refractivity contribution in [2.24, 2.45) is 5.41 Å². The van der Waals surface area contributed by atoms with Crippen molar-refractivity contribution in [3.63, 3.8) is 0 Å². The number of carbonyl (C=O) groups excluding carboxylic acids is 1. The number of nitrogens with one attached hydrogen (secondary N) is 1. The van der Waals surface area contributed by atoms with Crippen molar-refractivity contribution in [3.05, 3.63) is 65.7 Å². The Morgan fingerprint density at radius 1 is 1.00 bits per heavy atom. The third kappa shape index (κ3) is 3.97. The molecule has 2 aliphatic rings. The van der Waals surface area contributed by atoms with Gasteiger partial charge in [0.05, 0.1) is 0 Å². The van der Waals surface area contributed by atoms with Crippen LogP contribution in [0, 0.1) is 5.41 Å². The van der Waals surface area contributed by atoms with Crippen LogP contribution in [0.2, 0.25) is 0 Å². The van der Waals surface area contributed by atoms with Crippen LogP contribution >= 0.6 is 11.8 Å². The van der Waals surface area contributed by atoms with Crippen molar-refractivity contribution >= 4 is 17.7 Å². The first-order valence-corrected chi connectivity index (χ1v) is 10.5. The highest BCUT2D eigenvalue weighted by molar-refractivity contribution is 7.98. The fourth-order valence-electron chi connectivity index (χ4n) is 4.02. The molecule has 2 aromatic rings. The molecule has 0 radical (unpaired) electrons. The lowest BCUT2D eigenvalue weighted by Crippen LogP contribution is -2.44. The van der Waals surface area contributed by atoms with Gasteiger partial charge in [-0.15, -0.1) is 11.8 Å². The number of benzene rings is 2. The van der Waals surface area contributed by atoms with Crippen molar-refractivity contribution in [2.75, 3.05) is 26.2 Å². The molecule has 2 aliphatic heterocycles. The molecule has 3 nitrogen and oxygen atoms in total. The first kappa shape index (κ1) is 17.6. The largest absolute Gasteiger partial charge is 0.339 e. The van der Waals surface area contributed by atoms with Crippen molar-refractivity contribution in [1.82, 2.24) is 10.2 Å². The average molecular weight is 367 g/mol. The van der Waals surface area contributed by atoms with E-state index < -0.39 is 0 Å². The number of rotatable bonds is 4. The second-order valence-electron chi connectivity index (χ2n) is 7.52. The molecule has 0 saturated carbocycles. The summed E-state index contributed by atoms with van der Waals surface area (Å²) in [5.74, 6) is 1.12. The van der Waals surface area contributed by atoms with Gasteiger partial charge in [0.25, 0.3) is 5.91 Å². The fraction of sp³-hybridized carbons (Fsp3) is 0.409. The molecule has 0 aromatic heterocycles. The molecule has 136 valence electrons. The summed E-state index contributed by atoms with van der Waals surface area (Å²) in [6, 6.07) is 18.6. The van der Waals surface area contributed by atoms with Crippen LogP contribution in [0.15, 0.2) is 59.5 Å². The van der Waals surface area contributed by atoms with Crippen molar-refractivity contribution in [2.45, 2.75) is 29.9 Å². The normalized spacial score (nSPS) is 19.0. The molecule has 2 fully saturated rings. The van der Waals surface area contributed by atoms with Gasteiger partial charge < -0.3 is 10.2 Å². The van der Waals surface area contributed by atoms with Crippen LogP contribution in [0.4, 0.5) is 0 Å². The highest BCUT2D eigenvalue weighted by atomic mass is 32.2. The maximum atomic E-state index is 12.8. The van der Waals surface area contributed by atoms with Crippen LogP contribution in [0.1, 0.15) is 35.2 Å².